The van der Waals surface area contributed by atoms with Crippen molar-refractivity contribution in [2.45, 2.75) is 12.5 Å². The summed E-state index contributed by atoms with van der Waals surface area (Å²) in [4.78, 5) is 3.92. The van der Waals surface area contributed by atoms with E-state index in [1.165, 1.54) is 12.1 Å². The highest BCUT2D eigenvalue weighted by atomic mass is 35.5. The highest BCUT2D eigenvalue weighted by molar-refractivity contribution is 6.30. The molecule has 0 bridgehead atoms. The fraction of sp³-hybridized carbons (Fsp3) is 0.250. The van der Waals surface area contributed by atoms with Gasteiger partial charge in [-0.25, -0.2) is 9.37 Å². The predicted molar refractivity (Wildman–Crippen MR) is 63.3 cm³/mol. The first-order valence-corrected chi connectivity index (χ1v) is 5.54. The molecule has 1 heterocycles. The van der Waals surface area contributed by atoms with Gasteiger partial charge in [-0.2, -0.15) is 0 Å². The van der Waals surface area contributed by atoms with E-state index in [-0.39, 0.29) is 5.02 Å². The number of benzene rings is 1. The number of halogens is 2. The number of imidazole rings is 1. The van der Waals surface area contributed by atoms with E-state index in [9.17, 15) is 9.50 Å². The van der Waals surface area contributed by atoms with E-state index in [2.05, 4.69) is 4.98 Å². The van der Waals surface area contributed by atoms with E-state index in [0.29, 0.717) is 17.7 Å². The van der Waals surface area contributed by atoms with Crippen molar-refractivity contribution in [2.24, 2.45) is 7.05 Å². The fourth-order valence-corrected chi connectivity index (χ4v) is 1.80. The van der Waals surface area contributed by atoms with Gasteiger partial charge in [-0.3, -0.25) is 0 Å². The molecule has 2 rings (SSSR count). The minimum atomic E-state index is -0.705. The third-order valence-corrected chi connectivity index (χ3v) is 2.91. The molecule has 17 heavy (non-hydrogen) atoms. The van der Waals surface area contributed by atoms with E-state index in [4.69, 9.17) is 11.6 Å². The topological polar surface area (TPSA) is 38.0 Å². The summed E-state index contributed by atoms with van der Waals surface area (Å²) < 4.78 is 15.0. The highest BCUT2D eigenvalue weighted by Gasteiger charge is 2.13. The smallest absolute Gasteiger partial charge is 0.142 e. The van der Waals surface area contributed by atoms with Crippen LogP contribution in [0.1, 0.15) is 17.4 Å². The molecule has 1 aromatic carbocycles. The summed E-state index contributed by atoms with van der Waals surface area (Å²) in [6.07, 6.45) is 2.83. The second kappa shape index (κ2) is 4.85. The number of hydrogen-bond acceptors (Lipinski definition) is 2. The standard InChI is InChI=1S/C12H12ClFN2O/c1-16-7-15-6-11(16)12(17)5-8-2-3-9(13)10(14)4-8/h2-4,6-7,12,17H,5H2,1H3. The first-order valence-electron chi connectivity index (χ1n) is 5.16. The maximum Gasteiger partial charge on any atom is 0.142 e. The van der Waals surface area contributed by atoms with Crippen LogP contribution in [0.15, 0.2) is 30.7 Å². The molecule has 5 heteroatoms. The quantitative estimate of drug-likeness (QED) is 0.914. The van der Waals surface area contributed by atoms with Gasteiger partial charge in [-0.05, 0) is 17.7 Å². The lowest BCUT2D eigenvalue weighted by molar-refractivity contribution is 0.170. The van der Waals surface area contributed by atoms with Gasteiger partial charge in [0.05, 0.1) is 29.3 Å². The van der Waals surface area contributed by atoms with Crippen LogP contribution >= 0.6 is 11.6 Å². The number of hydrogen-bond donors (Lipinski definition) is 1. The van der Waals surface area contributed by atoms with Crippen molar-refractivity contribution >= 4 is 11.6 Å². The summed E-state index contributed by atoms with van der Waals surface area (Å²) in [6, 6.07) is 4.52. The van der Waals surface area contributed by atoms with Crippen molar-refractivity contribution in [3.8, 4) is 0 Å². The largest absolute Gasteiger partial charge is 0.386 e. The molecule has 0 aliphatic rings. The molecule has 3 nitrogen and oxygen atoms in total. The summed E-state index contributed by atoms with van der Waals surface area (Å²) >= 11 is 5.59. The third kappa shape index (κ3) is 2.65. The summed E-state index contributed by atoms with van der Waals surface area (Å²) in [5, 5.41) is 10.1. The molecule has 0 aliphatic carbocycles. The van der Waals surface area contributed by atoms with Gasteiger partial charge in [0.15, 0.2) is 0 Å². The summed E-state index contributed by atoms with van der Waals surface area (Å²) in [5.74, 6) is -0.471. The lowest BCUT2D eigenvalue weighted by atomic mass is 10.1. The Morgan fingerprint density at radius 3 is 2.88 bits per heavy atom. The minimum Gasteiger partial charge on any atom is -0.386 e. The van der Waals surface area contributed by atoms with Crippen molar-refractivity contribution in [1.82, 2.24) is 9.55 Å². The predicted octanol–water partition coefficient (Wildman–Crippen LogP) is 2.49. The number of aliphatic hydroxyl groups excluding tert-OH is 1. The monoisotopic (exact) mass is 254 g/mol. The highest BCUT2D eigenvalue weighted by Crippen LogP contribution is 2.21. The number of aliphatic hydroxyl groups is 1. The van der Waals surface area contributed by atoms with Crippen molar-refractivity contribution in [1.29, 1.82) is 0 Å². The first-order chi connectivity index (χ1) is 8.08. The Morgan fingerprint density at radius 1 is 1.53 bits per heavy atom. The van der Waals surface area contributed by atoms with Gasteiger partial charge < -0.3 is 9.67 Å². The molecule has 1 unspecified atom stereocenters. The second-order valence-electron chi connectivity index (χ2n) is 3.90. The van der Waals surface area contributed by atoms with E-state index < -0.39 is 11.9 Å². The lowest BCUT2D eigenvalue weighted by Crippen LogP contribution is -2.06. The van der Waals surface area contributed by atoms with Crippen molar-refractivity contribution in [2.75, 3.05) is 0 Å². The zero-order chi connectivity index (χ0) is 12.4. The van der Waals surface area contributed by atoms with Crippen molar-refractivity contribution in [3.05, 3.63) is 52.8 Å². The van der Waals surface area contributed by atoms with Crippen LogP contribution in [0.25, 0.3) is 0 Å². The van der Waals surface area contributed by atoms with Crippen molar-refractivity contribution in [3.63, 3.8) is 0 Å². The van der Waals surface area contributed by atoms with Gasteiger partial charge in [0.2, 0.25) is 0 Å². The van der Waals surface area contributed by atoms with Gasteiger partial charge in [0, 0.05) is 13.5 Å². The molecule has 1 atom stereocenters. The average Bonchev–Trinajstić information content (AvgIpc) is 2.70. The van der Waals surface area contributed by atoms with E-state index in [1.54, 1.807) is 30.2 Å². The van der Waals surface area contributed by atoms with Crippen LogP contribution in [0.3, 0.4) is 0 Å². The van der Waals surface area contributed by atoms with E-state index >= 15 is 0 Å². The molecule has 1 aromatic heterocycles. The zero-order valence-corrected chi connectivity index (χ0v) is 10.0. The van der Waals surface area contributed by atoms with Gasteiger partial charge >= 0.3 is 0 Å². The molecule has 0 spiro atoms. The lowest BCUT2D eigenvalue weighted by Gasteiger charge is -2.11. The molecule has 0 saturated heterocycles. The van der Waals surface area contributed by atoms with E-state index in [1.807, 2.05) is 0 Å². The Labute approximate surface area is 103 Å². The van der Waals surface area contributed by atoms with Crippen LogP contribution in [0, 0.1) is 5.82 Å². The number of aromatic nitrogens is 2. The molecule has 0 fully saturated rings. The van der Waals surface area contributed by atoms with Crippen LogP contribution in [0.2, 0.25) is 5.02 Å². The van der Waals surface area contributed by atoms with Crippen molar-refractivity contribution < 1.29 is 9.50 Å². The van der Waals surface area contributed by atoms with Gasteiger partial charge in [0.25, 0.3) is 0 Å². The molecule has 0 amide bonds. The minimum absolute atomic E-state index is 0.0868. The maximum atomic E-state index is 13.2. The molecule has 0 saturated carbocycles. The summed E-state index contributed by atoms with van der Waals surface area (Å²) in [5.41, 5.74) is 1.39. The molecule has 0 radical (unpaired) electrons. The Bertz CT molecular complexity index is 527. The maximum absolute atomic E-state index is 13.2. The molecule has 1 N–H and O–H groups in total. The SMILES string of the molecule is Cn1cncc1C(O)Cc1ccc(Cl)c(F)c1. The van der Waals surface area contributed by atoms with Crippen LogP contribution in [-0.4, -0.2) is 14.7 Å². The molecular formula is C12H12ClFN2O. The van der Waals surface area contributed by atoms with Crippen LogP contribution in [-0.2, 0) is 13.5 Å². The molecule has 2 aromatic rings. The number of rotatable bonds is 3. The van der Waals surface area contributed by atoms with Crippen LogP contribution in [0.5, 0.6) is 0 Å². The van der Waals surface area contributed by atoms with Crippen LogP contribution < -0.4 is 0 Å². The molecule has 90 valence electrons. The summed E-state index contributed by atoms with van der Waals surface area (Å²) in [6.45, 7) is 0. The van der Waals surface area contributed by atoms with Gasteiger partial charge in [-0.1, -0.05) is 17.7 Å². The van der Waals surface area contributed by atoms with E-state index in [0.717, 1.165) is 0 Å². The number of nitrogens with zero attached hydrogens (tertiary/aromatic N) is 2. The molecule has 0 aliphatic heterocycles. The van der Waals surface area contributed by atoms with Gasteiger partial charge in [-0.15, -0.1) is 0 Å². The number of aryl methyl sites for hydroxylation is 1. The van der Waals surface area contributed by atoms with Gasteiger partial charge in [0.1, 0.15) is 5.82 Å². The second-order valence-corrected chi connectivity index (χ2v) is 4.30. The Hall–Kier alpha value is -1.39. The third-order valence-electron chi connectivity index (χ3n) is 2.61. The average molecular weight is 255 g/mol. The zero-order valence-electron chi connectivity index (χ0n) is 9.27. The Balaban J connectivity index is 2.16. The first kappa shape index (κ1) is 12.1. The van der Waals surface area contributed by atoms with Crippen LogP contribution in [0.4, 0.5) is 4.39 Å². The Morgan fingerprint density at radius 2 is 2.29 bits per heavy atom. The normalized spacial score (nSPS) is 12.7. The Kier molecular flexibility index (Phi) is 3.45. The summed E-state index contributed by atoms with van der Waals surface area (Å²) in [7, 11) is 1.80. The fourth-order valence-electron chi connectivity index (χ4n) is 1.68. The molecular weight excluding hydrogens is 243 g/mol.